The maximum Gasteiger partial charge on any atom is 0.404 e. The average Bonchev–Trinajstić information content (AvgIpc) is 3.05. The van der Waals surface area contributed by atoms with Gasteiger partial charge in [0.15, 0.2) is 5.41 Å². The summed E-state index contributed by atoms with van der Waals surface area (Å²) in [6.07, 6.45) is -4.73. The molecule has 1 aliphatic heterocycles. The highest BCUT2D eigenvalue weighted by molar-refractivity contribution is 7.10. The van der Waals surface area contributed by atoms with Crippen LogP contribution in [-0.2, 0) is 4.79 Å². The molecule has 1 amide bonds. The van der Waals surface area contributed by atoms with Crippen molar-refractivity contribution in [2.45, 2.75) is 25.6 Å². The zero-order valence-electron chi connectivity index (χ0n) is 11.3. The molecule has 2 unspecified atom stereocenters. The first kappa shape index (κ1) is 15.3. The van der Waals surface area contributed by atoms with E-state index in [4.69, 9.17) is 0 Å². The number of hydrogen-bond donors (Lipinski definition) is 1. The van der Waals surface area contributed by atoms with Gasteiger partial charge in [0.1, 0.15) is 0 Å². The summed E-state index contributed by atoms with van der Waals surface area (Å²) in [5, 5.41) is 4.51. The zero-order chi connectivity index (χ0) is 15.0. The number of amides is 1. The third-order valence-corrected chi connectivity index (χ3v) is 5.01. The number of hydrogen-bond acceptors (Lipinski definition) is 3. The van der Waals surface area contributed by atoms with Gasteiger partial charge in [0.25, 0.3) is 0 Å². The number of carbonyl (C=O) groups excluding carboxylic acids is 1. The van der Waals surface area contributed by atoms with Gasteiger partial charge in [0, 0.05) is 18.5 Å². The fourth-order valence-corrected chi connectivity index (χ4v) is 3.30. The number of carbonyl (C=O) groups is 1. The molecule has 0 bridgehead atoms. The minimum Gasteiger partial charge on any atom is -0.337 e. The van der Waals surface area contributed by atoms with Gasteiger partial charge in [0.2, 0.25) is 5.91 Å². The van der Waals surface area contributed by atoms with E-state index >= 15 is 0 Å². The zero-order valence-corrected chi connectivity index (χ0v) is 12.1. The van der Waals surface area contributed by atoms with E-state index in [0.717, 1.165) is 4.88 Å². The van der Waals surface area contributed by atoms with Crippen LogP contribution in [-0.4, -0.2) is 37.1 Å². The van der Waals surface area contributed by atoms with Crippen LogP contribution in [0.3, 0.4) is 0 Å². The predicted octanol–water partition coefficient (Wildman–Crippen LogP) is 2.81. The van der Waals surface area contributed by atoms with Gasteiger partial charge in [-0.1, -0.05) is 6.07 Å². The van der Waals surface area contributed by atoms with Gasteiger partial charge < -0.3 is 10.2 Å². The van der Waals surface area contributed by atoms with Crippen molar-refractivity contribution in [1.82, 2.24) is 10.2 Å². The van der Waals surface area contributed by atoms with Gasteiger partial charge in [-0.05, 0) is 31.3 Å². The maximum atomic E-state index is 13.3. The lowest BCUT2D eigenvalue weighted by molar-refractivity contribution is -0.222. The van der Waals surface area contributed by atoms with Gasteiger partial charge in [-0.3, -0.25) is 4.79 Å². The van der Waals surface area contributed by atoms with Crippen LogP contribution < -0.4 is 5.32 Å². The van der Waals surface area contributed by atoms with Gasteiger partial charge in [-0.15, -0.1) is 11.3 Å². The lowest BCUT2D eigenvalue weighted by Gasteiger charge is -2.35. The quantitative estimate of drug-likeness (QED) is 0.931. The fourth-order valence-electron chi connectivity index (χ4n) is 2.47. The highest BCUT2D eigenvalue weighted by Crippen LogP contribution is 2.45. The fraction of sp³-hybridized carbons (Fsp3) is 0.615. The van der Waals surface area contributed by atoms with Crippen LogP contribution in [0.4, 0.5) is 13.2 Å². The largest absolute Gasteiger partial charge is 0.404 e. The number of thiophene rings is 1. The Morgan fingerprint density at radius 2 is 2.25 bits per heavy atom. The highest BCUT2D eigenvalue weighted by atomic mass is 32.1. The van der Waals surface area contributed by atoms with E-state index < -0.39 is 17.5 Å². The Kier molecular flexibility index (Phi) is 4.11. The summed E-state index contributed by atoms with van der Waals surface area (Å²) in [7, 11) is 1.44. The van der Waals surface area contributed by atoms with Crippen molar-refractivity contribution in [1.29, 1.82) is 0 Å². The minimum atomic E-state index is -4.53. The van der Waals surface area contributed by atoms with Crippen molar-refractivity contribution in [3.63, 3.8) is 0 Å². The van der Waals surface area contributed by atoms with E-state index in [0.29, 0.717) is 0 Å². The highest BCUT2D eigenvalue weighted by Gasteiger charge is 2.62. The number of halogens is 3. The van der Waals surface area contributed by atoms with Crippen LogP contribution in [0.1, 0.15) is 24.3 Å². The molecule has 0 spiro atoms. The SMILES string of the molecule is CC(c1cccs1)N(C)C(=O)C1(C(F)(F)F)CCNC1. The van der Waals surface area contributed by atoms with E-state index in [2.05, 4.69) is 5.32 Å². The molecule has 0 aromatic carbocycles. The molecular weight excluding hydrogens is 289 g/mol. The Morgan fingerprint density at radius 3 is 2.70 bits per heavy atom. The standard InChI is InChI=1S/C13H17F3N2OS/c1-9(10-4-3-7-20-10)18(2)11(19)12(13(14,15)16)5-6-17-8-12/h3-4,7,9,17H,5-6,8H2,1-2H3. The molecule has 1 aliphatic rings. The summed E-state index contributed by atoms with van der Waals surface area (Å²) in [5.74, 6) is -0.851. The Balaban J connectivity index is 2.24. The molecular formula is C13H17F3N2OS. The molecule has 112 valence electrons. The third kappa shape index (κ3) is 2.44. The molecule has 0 aliphatic carbocycles. The smallest absolute Gasteiger partial charge is 0.337 e. The Morgan fingerprint density at radius 1 is 1.55 bits per heavy atom. The van der Waals surface area contributed by atoms with E-state index in [1.165, 1.54) is 23.3 Å². The summed E-state index contributed by atoms with van der Waals surface area (Å²) in [6.45, 7) is 1.62. The summed E-state index contributed by atoms with van der Waals surface area (Å²) in [5.41, 5.74) is -2.28. The van der Waals surface area contributed by atoms with Gasteiger partial charge in [0.05, 0.1) is 6.04 Å². The van der Waals surface area contributed by atoms with Crippen molar-refractivity contribution in [2.75, 3.05) is 20.1 Å². The number of nitrogens with zero attached hydrogens (tertiary/aromatic N) is 1. The molecule has 20 heavy (non-hydrogen) atoms. The molecule has 0 saturated carbocycles. The Bertz CT molecular complexity index is 466. The number of nitrogens with one attached hydrogen (secondary N) is 1. The van der Waals surface area contributed by atoms with E-state index in [-0.39, 0.29) is 25.6 Å². The molecule has 1 saturated heterocycles. The second-order valence-corrected chi connectivity index (χ2v) is 6.09. The van der Waals surface area contributed by atoms with Crippen LogP contribution >= 0.6 is 11.3 Å². The summed E-state index contributed by atoms with van der Waals surface area (Å²) < 4.78 is 40.0. The predicted molar refractivity (Wildman–Crippen MR) is 71.5 cm³/mol. The van der Waals surface area contributed by atoms with Crippen LogP contribution in [0.5, 0.6) is 0 Å². The van der Waals surface area contributed by atoms with Crippen LogP contribution in [0.2, 0.25) is 0 Å². The van der Waals surface area contributed by atoms with Crippen molar-refractivity contribution in [3.05, 3.63) is 22.4 Å². The van der Waals surface area contributed by atoms with Crippen molar-refractivity contribution >= 4 is 17.2 Å². The van der Waals surface area contributed by atoms with Crippen molar-refractivity contribution in [3.8, 4) is 0 Å². The Labute approximate surface area is 119 Å². The van der Waals surface area contributed by atoms with Crippen LogP contribution in [0, 0.1) is 5.41 Å². The second kappa shape index (κ2) is 5.37. The topological polar surface area (TPSA) is 32.3 Å². The molecule has 0 radical (unpaired) electrons. The number of rotatable bonds is 3. The van der Waals surface area contributed by atoms with Crippen LogP contribution in [0.25, 0.3) is 0 Å². The molecule has 7 heteroatoms. The van der Waals surface area contributed by atoms with E-state index in [9.17, 15) is 18.0 Å². The van der Waals surface area contributed by atoms with Gasteiger partial charge in [-0.2, -0.15) is 13.2 Å². The molecule has 1 N–H and O–H groups in total. The summed E-state index contributed by atoms with van der Waals surface area (Å²) >= 11 is 1.43. The lowest BCUT2D eigenvalue weighted by Crippen LogP contribution is -2.53. The van der Waals surface area contributed by atoms with Crippen molar-refractivity contribution < 1.29 is 18.0 Å². The first-order valence-electron chi connectivity index (χ1n) is 6.38. The summed E-state index contributed by atoms with van der Waals surface area (Å²) in [4.78, 5) is 14.5. The van der Waals surface area contributed by atoms with Gasteiger partial charge in [-0.25, -0.2) is 0 Å². The average molecular weight is 306 g/mol. The molecule has 1 aromatic heterocycles. The van der Waals surface area contributed by atoms with E-state index in [1.54, 1.807) is 6.92 Å². The summed E-state index contributed by atoms with van der Waals surface area (Å²) in [6, 6.07) is 3.29. The molecule has 3 nitrogen and oxygen atoms in total. The van der Waals surface area contributed by atoms with Crippen molar-refractivity contribution in [2.24, 2.45) is 5.41 Å². The third-order valence-electron chi connectivity index (χ3n) is 3.96. The van der Waals surface area contributed by atoms with Gasteiger partial charge >= 0.3 is 6.18 Å². The maximum absolute atomic E-state index is 13.3. The first-order chi connectivity index (χ1) is 9.29. The lowest BCUT2D eigenvalue weighted by atomic mass is 9.84. The Hall–Kier alpha value is -1.08. The number of alkyl halides is 3. The molecule has 2 rings (SSSR count). The molecule has 2 atom stereocenters. The minimum absolute atomic E-state index is 0.198. The monoisotopic (exact) mass is 306 g/mol. The second-order valence-electron chi connectivity index (χ2n) is 5.11. The first-order valence-corrected chi connectivity index (χ1v) is 7.26. The normalized spacial score (nSPS) is 24.6. The molecule has 1 aromatic rings. The van der Waals surface area contributed by atoms with Crippen LogP contribution in [0.15, 0.2) is 17.5 Å². The van der Waals surface area contributed by atoms with E-state index in [1.807, 2.05) is 17.5 Å². The molecule has 1 fully saturated rings. The molecule has 2 heterocycles.